The maximum absolute atomic E-state index is 13.5. The highest BCUT2D eigenvalue weighted by Crippen LogP contribution is 2.39. The minimum absolute atomic E-state index is 0.666. The zero-order valence-corrected chi connectivity index (χ0v) is 17.9. The van der Waals surface area contributed by atoms with Crippen LogP contribution in [0.2, 0.25) is 0 Å². The van der Waals surface area contributed by atoms with Gasteiger partial charge in [0.1, 0.15) is 6.17 Å². The van der Waals surface area contributed by atoms with Gasteiger partial charge in [-0.25, -0.2) is 4.39 Å². The molecule has 0 nitrogen and oxygen atoms in total. The lowest BCUT2D eigenvalue weighted by Crippen LogP contribution is -2.21. The van der Waals surface area contributed by atoms with Crippen LogP contribution in [0.15, 0.2) is 11.6 Å². The van der Waals surface area contributed by atoms with Gasteiger partial charge in [-0.2, -0.15) is 0 Å². The number of halogens is 1. The Hall–Kier alpha value is -0.330. The van der Waals surface area contributed by atoms with E-state index in [0.29, 0.717) is 5.92 Å². The normalized spacial score (nSPS) is 30.8. The molecule has 2 aliphatic carbocycles. The minimum Gasteiger partial charge on any atom is -0.243 e. The minimum atomic E-state index is -0.666. The molecule has 0 heterocycles. The number of hydrogen-bond donors (Lipinski definition) is 0. The van der Waals surface area contributed by atoms with Crippen molar-refractivity contribution in [3.8, 4) is 0 Å². The van der Waals surface area contributed by atoms with Crippen molar-refractivity contribution in [3.05, 3.63) is 11.6 Å². The second-order valence-corrected chi connectivity index (χ2v) is 9.26. The Labute approximate surface area is 163 Å². The molecule has 0 N–H and O–H groups in total. The average molecular weight is 365 g/mol. The summed E-state index contributed by atoms with van der Waals surface area (Å²) in [6.07, 6.45) is 21.3. The Balaban J connectivity index is 1.61. The molecule has 1 fully saturated rings. The zero-order valence-electron chi connectivity index (χ0n) is 17.9. The maximum Gasteiger partial charge on any atom is 0.119 e. The van der Waals surface area contributed by atoms with Crippen molar-refractivity contribution in [2.45, 2.75) is 123 Å². The highest BCUT2D eigenvalue weighted by atomic mass is 19.1. The SMILES string of the molecule is CCCCC(CC)C1CCC(CCCCC2CCC(F)C=C2CC)CC1. The summed E-state index contributed by atoms with van der Waals surface area (Å²) in [5, 5.41) is 0. The van der Waals surface area contributed by atoms with E-state index in [-0.39, 0.29) is 0 Å². The van der Waals surface area contributed by atoms with Gasteiger partial charge in [-0.3, -0.25) is 0 Å². The molecule has 2 aliphatic rings. The lowest BCUT2D eigenvalue weighted by Gasteiger charge is -2.34. The van der Waals surface area contributed by atoms with Gasteiger partial charge in [0.25, 0.3) is 0 Å². The molecular formula is C25H45F. The van der Waals surface area contributed by atoms with Crippen LogP contribution in [0.25, 0.3) is 0 Å². The van der Waals surface area contributed by atoms with Crippen molar-refractivity contribution >= 4 is 0 Å². The molecule has 0 bridgehead atoms. The Morgan fingerprint density at radius 1 is 0.923 bits per heavy atom. The highest BCUT2D eigenvalue weighted by Gasteiger charge is 2.26. The fourth-order valence-electron chi connectivity index (χ4n) is 5.75. The molecule has 0 aromatic carbocycles. The molecular weight excluding hydrogens is 319 g/mol. The lowest BCUT2D eigenvalue weighted by atomic mass is 9.72. The van der Waals surface area contributed by atoms with Crippen LogP contribution in [0.1, 0.15) is 117 Å². The topological polar surface area (TPSA) is 0 Å². The molecule has 0 radical (unpaired) electrons. The first kappa shape index (κ1) is 22.0. The first-order valence-corrected chi connectivity index (χ1v) is 12.0. The Kier molecular flexibility index (Phi) is 10.3. The number of unbranched alkanes of at least 4 members (excludes halogenated alkanes) is 2. The van der Waals surface area contributed by atoms with Gasteiger partial charge in [0.05, 0.1) is 0 Å². The van der Waals surface area contributed by atoms with Crippen LogP contribution in [-0.2, 0) is 0 Å². The van der Waals surface area contributed by atoms with E-state index in [4.69, 9.17) is 0 Å². The van der Waals surface area contributed by atoms with E-state index < -0.39 is 6.17 Å². The summed E-state index contributed by atoms with van der Waals surface area (Å²) >= 11 is 0. The summed E-state index contributed by atoms with van der Waals surface area (Å²) in [5.41, 5.74) is 1.40. The van der Waals surface area contributed by atoms with Crippen molar-refractivity contribution in [2.24, 2.45) is 23.7 Å². The molecule has 152 valence electrons. The molecule has 1 saturated carbocycles. The molecule has 0 saturated heterocycles. The molecule has 3 atom stereocenters. The molecule has 26 heavy (non-hydrogen) atoms. The van der Waals surface area contributed by atoms with E-state index >= 15 is 0 Å². The molecule has 2 rings (SSSR count). The first-order chi connectivity index (χ1) is 12.7. The summed E-state index contributed by atoms with van der Waals surface area (Å²) in [6.45, 7) is 6.92. The summed E-state index contributed by atoms with van der Waals surface area (Å²) in [5.74, 6) is 3.71. The molecule has 1 heteroatoms. The fraction of sp³-hybridized carbons (Fsp3) is 0.920. The molecule has 3 unspecified atom stereocenters. The third kappa shape index (κ3) is 7.01. The molecule has 0 aliphatic heterocycles. The molecule has 0 spiro atoms. The summed E-state index contributed by atoms with van der Waals surface area (Å²) in [7, 11) is 0. The predicted octanol–water partition coefficient (Wildman–Crippen LogP) is 8.65. The lowest BCUT2D eigenvalue weighted by molar-refractivity contribution is 0.181. The largest absolute Gasteiger partial charge is 0.243 e. The highest BCUT2D eigenvalue weighted by molar-refractivity contribution is 5.12. The van der Waals surface area contributed by atoms with E-state index in [2.05, 4.69) is 20.8 Å². The van der Waals surface area contributed by atoms with Crippen LogP contribution in [0.4, 0.5) is 4.39 Å². The molecule has 0 aromatic rings. The van der Waals surface area contributed by atoms with Gasteiger partial charge in [0.15, 0.2) is 0 Å². The van der Waals surface area contributed by atoms with E-state index in [1.165, 1.54) is 82.6 Å². The van der Waals surface area contributed by atoms with Crippen LogP contribution in [0.5, 0.6) is 0 Å². The van der Waals surface area contributed by atoms with Crippen LogP contribution in [0, 0.1) is 23.7 Å². The predicted molar refractivity (Wildman–Crippen MR) is 113 cm³/mol. The van der Waals surface area contributed by atoms with Gasteiger partial charge < -0.3 is 0 Å². The number of rotatable bonds is 11. The van der Waals surface area contributed by atoms with Gasteiger partial charge in [0.2, 0.25) is 0 Å². The van der Waals surface area contributed by atoms with E-state index in [1.807, 2.05) is 6.08 Å². The van der Waals surface area contributed by atoms with Crippen molar-refractivity contribution < 1.29 is 4.39 Å². The molecule has 0 amide bonds. The van der Waals surface area contributed by atoms with Crippen LogP contribution in [0.3, 0.4) is 0 Å². The first-order valence-electron chi connectivity index (χ1n) is 12.0. The Morgan fingerprint density at radius 2 is 1.65 bits per heavy atom. The van der Waals surface area contributed by atoms with E-state index in [1.54, 1.807) is 0 Å². The van der Waals surface area contributed by atoms with Gasteiger partial charge in [-0.05, 0) is 62.2 Å². The van der Waals surface area contributed by atoms with Crippen molar-refractivity contribution in [2.75, 3.05) is 0 Å². The summed E-state index contributed by atoms with van der Waals surface area (Å²) < 4.78 is 13.5. The molecule has 0 aromatic heterocycles. The summed E-state index contributed by atoms with van der Waals surface area (Å²) in [6, 6.07) is 0. The standard InChI is InChI=1S/C25H45F/c1-4-7-11-21(5-2)24-15-13-20(14-16-24)10-8-9-12-23-17-18-25(26)19-22(23)6-3/h19-21,23-25H,4-18H2,1-3H3. The second kappa shape index (κ2) is 12.2. The number of allylic oxidation sites excluding steroid dienone is 2. The van der Waals surface area contributed by atoms with Gasteiger partial charge in [0, 0.05) is 0 Å². The average Bonchev–Trinajstić information content (AvgIpc) is 2.67. The number of hydrogen-bond acceptors (Lipinski definition) is 0. The van der Waals surface area contributed by atoms with E-state index in [0.717, 1.165) is 37.0 Å². The Morgan fingerprint density at radius 3 is 2.31 bits per heavy atom. The van der Waals surface area contributed by atoms with Gasteiger partial charge in [-0.1, -0.05) is 90.2 Å². The fourth-order valence-corrected chi connectivity index (χ4v) is 5.75. The van der Waals surface area contributed by atoms with Crippen LogP contribution < -0.4 is 0 Å². The van der Waals surface area contributed by atoms with Crippen LogP contribution in [-0.4, -0.2) is 6.17 Å². The summed E-state index contributed by atoms with van der Waals surface area (Å²) in [4.78, 5) is 0. The third-order valence-electron chi connectivity index (χ3n) is 7.54. The smallest absolute Gasteiger partial charge is 0.119 e. The maximum atomic E-state index is 13.5. The monoisotopic (exact) mass is 364 g/mol. The second-order valence-electron chi connectivity index (χ2n) is 9.26. The van der Waals surface area contributed by atoms with Crippen LogP contribution >= 0.6 is 0 Å². The quantitative estimate of drug-likeness (QED) is 0.254. The zero-order chi connectivity index (χ0) is 18.8. The third-order valence-corrected chi connectivity index (χ3v) is 7.54. The van der Waals surface area contributed by atoms with Crippen molar-refractivity contribution in [1.29, 1.82) is 0 Å². The van der Waals surface area contributed by atoms with Gasteiger partial charge >= 0.3 is 0 Å². The number of alkyl halides is 1. The van der Waals surface area contributed by atoms with Crippen molar-refractivity contribution in [1.82, 2.24) is 0 Å². The Bertz CT molecular complexity index is 391. The van der Waals surface area contributed by atoms with E-state index in [9.17, 15) is 4.39 Å². The van der Waals surface area contributed by atoms with Gasteiger partial charge in [-0.15, -0.1) is 0 Å². The van der Waals surface area contributed by atoms with Crippen molar-refractivity contribution in [3.63, 3.8) is 0 Å².